The summed E-state index contributed by atoms with van der Waals surface area (Å²) in [5.41, 5.74) is 1.98. The van der Waals surface area contributed by atoms with E-state index in [4.69, 9.17) is 0 Å². The molecule has 4 nitrogen and oxygen atoms in total. The molecule has 0 aliphatic carbocycles. The van der Waals surface area contributed by atoms with E-state index in [9.17, 15) is 13.2 Å². The number of anilines is 1. The van der Waals surface area contributed by atoms with Crippen LogP contribution in [0.15, 0.2) is 54.6 Å². The number of alkyl halides is 1. The lowest BCUT2D eigenvalue weighted by Gasteiger charge is -2.08. The number of halogens is 1. The highest BCUT2D eigenvalue weighted by atomic mass is 79.9. The van der Waals surface area contributed by atoms with Gasteiger partial charge in [-0.3, -0.25) is 9.52 Å². The van der Waals surface area contributed by atoms with Gasteiger partial charge >= 0.3 is 0 Å². The van der Waals surface area contributed by atoms with Gasteiger partial charge in [0.1, 0.15) is 0 Å². The van der Waals surface area contributed by atoms with Crippen molar-refractivity contribution in [3.05, 3.63) is 65.7 Å². The fraction of sp³-hybridized carbons (Fsp3) is 0.188. The number of sulfonamides is 1. The molecule has 116 valence electrons. The van der Waals surface area contributed by atoms with Gasteiger partial charge in [-0.2, -0.15) is 0 Å². The number of rotatable bonds is 7. The molecule has 0 heterocycles. The number of benzene rings is 2. The Morgan fingerprint density at radius 1 is 1.00 bits per heavy atom. The number of hydrogen-bond donors (Lipinski definition) is 1. The SMILES string of the molecule is O=C(CBr)c1ccc(NS(=O)(=O)CCc2ccccc2)cc1. The Bertz CT molecular complexity index is 728. The van der Waals surface area contributed by atoms with E-state index in [0.717, 1.165) is 5.56 Å². The summed E-state index contributed by atoms with van der Waals surface area (Å²) in [5.74, 6) is -0.0301. The van der Waals surface area contributed by atoms with Crippen LogP contribution in [-0.4, -0.2) is 25.3 Å². The van der Waals surface area contributed by atoms with Crippen molar-refractivity contribution in [1.29, 1.82) is 0 Å². The first kappa shape index (κ1) is 16.7. The first-order chi connectivity index (χ1) is 10.5. The van der Waals surface area contributed by atoms with Crippen molar-refractivity contribution in [2.75, 3.05) is 15.8 Å². The third-order valence-electron chi connectivity index (χ3n) is 3.10. The molecule has 0 atom stereocenters. The van der Waals surface area contributed by atoms with Gasteiger partial charge in [-0.15, -0.1) is 0 Å². The second-order valence-electron chi connectivity index (χ2n) is 4.79. The Balaban J connectivity index is 1.98. The first-order valence-electron chi connectivity index (χ1n) is 6.74. The summed E-state index contributed by atoms with van der Waals surface area (Å²) >= 11 is 3.10. The Kier molecular flexibility index (Phi) is 5.74. The van der Waals surface area contributed by atoms with E-state index in [0.29, 0.717) is 17.7 Å². The Morgan fingerprint density at radius 3 is 2.23 bits per heavy atom. The van der Waals surface area contributed by atoms with Gasteiger partial charge in [-0.05, 0) is 36.2 Å². The molecule has 0 aromatic heterocycles. The summed E-state index contributed by atoms with van der Waals surface area (Å²) in [5, 5.41) is 0.245. The van der Waals surface area contributed by atoms with E-state index in [1.807, 2.05) is 30.3 Å². The van der Waals surface area contributed by atoms with Crippen molar-refractivity contribution in [1.82, 2.24) is 0 Å². The van der Waals surface area contributed by atoms with Crippen LogP contribution in [0.25, 0.3) is 0 Å². The standard InChI is InChI=1S/C16H16BrNO3S/c17-12-16(19)14-6-8-15(9-7-14)18-22(20,21)11-10-13-4-2-1-3-5-13/h1-9,18H,10-12H2. The average Bonchev–Trinajstić information content (AvgIpc) is 2.54. The monoisotopic (exact) mass is 381 g/mol. The predicted octanol–water partition coefficient (Wildman–Crippen LogP) is 3.25. The van der Waals surface area contributed by atoms with Crippen molar-refractivity contribution >= 4 is 37.4 Å². The molecule has 22 heavy (non-hydrogen) atoms. The highest BCUT2D eigenvalue weighted by Crippen LogP contribution is 2.13. The number of carbonyl (C=O) groups excluding carboxylic acids is 1. The van der Waals surface area contributed by atoms with E-state index in [1.54, 1.807) is 24.3 Å². The van der Waals surface area contributed by atoms with Crippen LogP contribution in [0.3, 0.4) is 0 Å². The van der Waals surface area contributed by atoms with E-state index in [2.05, 4.69) is 20.7 Å². The Morgan fingerprint density at radius 2 is 1.64 bits per heavy atom. The summed E-state index contributed by atoms with van der Waals surface area (Å²) in [7, 11) is -3.42. The molecular weight excluding hydrogens is 366 g/mol. The maximum atomic E-state index is 12.1. The maximum absolute atomic E-state index is 12.1. The minimum absolute atomic E-state index is 0.0130. The predicted molar refractivity (Wildman–Crippen MR) is 92.1 cm³/mol. The number of nitrogens with one attached hydrogen (secondary N) is 1. The van der Waals surface area contributed by atoms with Gasteiger partial charge in [0, 0.05) is 11.3 Å². The Labute approximate surface area is 138 Å². The summed E-state index contributed by atoms with van der Waals surface area (Å²) < 4.78 is 26.6. The smallest absolute Gasteiger partial charge is 0.233 e. The number of aryl methyl sites for hydroxylation is 1. The molecule has 2 rings (SSSR count). The quantitative estimate of drug-likeness (QED) is 0.591. The highest BCUT2D eigenvalue weighted by Gasteiger charge is 2.11. The van der Waals surface area contributed by atoms with Gasteiger partial charge in [0.05, 0.1) is 11.1 Å². The third-order valence-corrected chi connectivity index (χ3v) is 4.90. The average molecular weight is 382 g/mol. The third kappa shape index (κ3) is 4.96. The molecule has 0 aliphatic rings. The molecule has 2 aromatic rings. The zero-order chi connectivity index (χ0) is 16.0. The molecule has 0 unspecified atom stereocenters. The summed E-state index contributed by atoms with van der Waals surface area (Å²) in [6.45, 7) is 0. The number of Topliss-reactive ketones (excluding diaryl/α,β-unsaturated/α-hetero) is 1. The van der Waals surface area contributed by atoms with Gasteiger partial charge in [-0.1, -0.05) is 46.3 Å². The minimum Gasteiger partial charge on any atom is -0.293 e. The van der Waals surface area contributed by atoms with Crippen molar-refractivity contribution in [2.45, 2.75) is 6.42 Å². The molecule has 0 spiro atoms. The molecule has 0 bridgehead atoms. The highest BCUT2D eigenvalue weighted by molar-refractivity contribution is 9.09. The molecular formula is C16H16BrNO3S. The molecule has 0 radical (unpaired) electrons. The van der Waals surface area contributed by atoms with Crippen LogP contribution in [0.4, 0.5) is 5.69 Å². The molecule has 0 fully saturated rings. The topological polar surface area (TPSA) is 63.2 Å². The number of ketones is 1. The van der Waals surface area contributed by atoms with Crippen LogP contribution in [0.2, 0.25) is 0 Å². The van der Waals surface area contributed by atoms with E-state index >= 15 is 0 Å². The van der Waals surface area contributed by atoms with Gasteiger partial charge in [0.25, 0.3) is 0 Å². The lowest BCUT2D eigenvalue weighted by molar-refractivity contribution is 0.102. The number of carbonyl (C=O) groups is 1. The molecule has 0 saturated heterocycles. The first-order valence-corrected chi connectivity index (χ1v) is 9.51. The van der Waals surface area contributed by atoms with E-state index < -0.39 is 10.0 Å². The van der Waals surface area contributed by atoms with Crippen LogP contribution in [0.5, 0.6) is 0 Å². The molecule has 2 aromatic carbocycles. The molecule has 0 saturated carbocycles. The van der Waals surface area contributed by atoms with Crippen molar-refractivity contribution in [2.24, 2.45) is 0 Å². The number of hydrogen-bond acceptors (Lipinski definition) is 3. The fourth-order valence-electron chi connectivity index (χ4n) is 1.93. The van der Waals surface area contributed by atoms with E-state index in [-0.39, 0.29) is 16.9 Å². The molecule has 0 amide bonds. The second-order valence-corrected chi connectivity index (χ2v) is 7.19. The Hall–Kier alpha value is -1.66. The van der Waals surface area contributed by atoms with Gasteiger partial charge in [-0.25, -0.2) is 8.42 Å². The molecule has 0 aliphatic heterocycles. The zero-order valence-corrected chi connectivity index (χ0v) is 14.2. The summed E-state index contributed by atoms with van der Waals surface area (Å²) in [4.78, 5) is 11.5. The van der Waals surface area contributed by atoms with Gasteiger partial charge in [0.2, 0.25) is 10.0 Å². The van der Waals surface area contributed by atoms with Crippen LogP contribution in [0.1, 0.15) is 15.9 Å². The normalized spacial score (nSPS) is 11.1. The van der Waals surface area contributed by atoms with Crippen LogP contribution in [-0.2, 0) is 16.4 Å². The van der Waals surface area contributed by atoms with Crippen LogP contribution in [0, 0.1) is 0 Å². The summed E-state index contributed by atoms with van der Waals surface area (Å²) in [6, 6.07) is 15.9. The van der Waals surface area contributed by atoms with Crippen molar-refractivity contribution in [3.63, 3.8) is 0 Å². The summed E-state index contributed by atoms with van der Waals surface area (Å²) in [6.07, 6.45) is 0.455. The fourth-order valence-corrected chi connectivity index (χ4v) is 3.35. The van der Waals surface area contributed by atoms with Crippen molar-refractivity contribution in [3.8, 4) is 0 Å². The molecule has 1 N–H and O–H groups in total. The van der Waals surface area contributed by atoms with Crippen molar-refractivity contribution < 1.29 is 13.2 Å². The zero-order valence-electron chi connectivity index (χ0n) is 11.8. The largest absolute Gasteiger partial charge is 0.293 e. The maximum Gasteiger partial charge on any atom is 0.233 e. The van der Waals surface area contributed by atoms with E-state index in [1.165, 1.54) is 0 Å². The lowest BCUT2D eigenvalue weighted by Crippen LogP contribution is -2.18. The minimum atomic E-state index is -3.42. The van der Waals surface area contributed by atoms with Gasteiger partial charge in [0.15, 0.2) is 5.78 Å². The molecule has 6 heteroatoms. The van der Waals surface area contributed by atoms with Gasteiger partial charge < -0.3 is 0 Å². The lowest BCUT2D eigenvalue weighted by atomic mass is 10.1. The van der Waals surface area contributed by atoms with Crippen LogP contribution < -0.4 is 4.72 Å². The van der Waals surface area contributed by atoms with Crippen LogP contribution >= 0.6 is 15.9 Å². The second kappa shape index (κ2) is 7.56.